The second-order valence-electron chi connectivity index (χ2n) is 5.27. The van der Waals surface area contributed by atoms with Crippen LogP contribution in [-0.4, -0.2) is 31.0 Å². The second-order valence-corrected chi connectivity index (χ2v) is 6.54. The van der Waals surface area contributed by atoms with Crippen molar-refractivity contribution in [2.45, 2.75) is 32.8 Å². The average molecular weight is 365 g/mol. The lowest BCUT2D eigenvalue weighted by atomic mass is 10.1. The highest BCUT2D eigenvalue weighted by molar-refractivity contribution is 9.10. The summed E-state index contributed by atoms with van der Waals surface area (Å²) in [7, 11) is 0. The molecule has 0 aliphatic heterocycles. The van der Waals surface area contributed by atoms with Gasteiger partial charge >= 0.3 is 0 Å². The van der Waals surface area contributed by atoms with Crippen LogP contribution in [0.1, 0.15) is 26.7 Å². The largest absolute Gasteiger partial charge is 0.389 e. The van der Waals surface area contributed by atoms with Crippen LogP contribution in [0, 0.1) is 5.92 Å². The molecule has 114 valence electrons. The highest BCUT2D eigenvalue weighted by Gasteiger charge is 2.05. The summed E-state index contributed by atoms with van der Waals surface area (Å²) >= 11 is 9.28. The Morgan fingerprint density at radius 3 is 2.80 bits per heavy atom. The summed E-state index contributed by atoms with van der Waals surface area (Å²) in [4.78, 5) is 0. The van der Waals surface area contributed by atoms with E-state index < -0.39 is 6.10 Å². The third-order valence-electron chi connectivity index (χ3n) is 2.84. The average Bonchev–Trinajstić information content (AvgIpc) is 2.39. The fourth-order valence-corrected chi connectivity index (χ4v) is 2.21. The van der Waals surface area contributed by atoms with Crippen molar-refractivity contribution in [3.05, 3.63) is 27.7 Å². The van der Waals surface area contributed by atoms with Gasteiger partial charge in [0.1, 0.15) is 0 Å². The minimum atomic E-state index is -0.511. The Morgan fingerprint density at radius 1 is 1.40 bits per heavy atom. The molecule has 0 spiro atoms. The molecule has 0 amide bonds. The predicted octanol–water partition coefficient (Wildman–Crippen LogP) is 4.33. The minimum absolute atomic E-state index is 0.361. The van der Waals surface area contributed by atoms with E-state index in [0.717, 1.165) is 23.0 Å². The third kappa shape index (κ3) is 7.48. The molecule has 20 heavy (non-hydrogen) atoms. The zero-order chi connectivity index (χ0) is 15.0. The maximum atomic E-state index is 9.82. The first-order chi connectivity index (χ1) is 9.49. The van der Waals surface area contributed by atoms with Crippen LogP contribution in [0.15, 0.2) is 22.7 Å². The predicted molar refractivity (Wildman–Crippen MR) is 88.5 cm³/mol. The fourth-order valence-electron chi connectivity index (χ4n) is 1.71. The lowest BCUT2D eigenvalue weighted by Crippen LogP contribution is -2.25. The number of benzene rings is 1. The monoisotopic (exact) mass is 363 g/mol. The number of aliphatic hydroxyl groups excluding tert-OH is 1. The van der Waals surface area contributed by atoms with Gasteiger partial charge in [-0.2, -0.15) is 0 Å². The topological polar surface area (TPSA) is 41.5 Å². The van der Waals surface area contributed by atoms with Crippen LogP contribution in [-0.2, 0) is 4.74 Å². The molecule has 1 aromatic carbocycles. The summed E-state index contributed by atoms with van der Waals surface area (Å²) in [6.45, 7) is 5.92. The van der Waals surface area contributed by atoms with Gasteiger partial charge in [0.2, 0.25) is 0 Å². The van der Waals surface area contributed by atoms with Gasteiger partial charge < -0.3 is 15.2 Å². The minimum Gasteiger partial charge on any atom is -0.389 e. The lowest BCUT2D eigenvalue weighted by molar-refractivity contribution is 0.0409. The summed E-state index contributed by atoms with van der Waals surface area (Å²) in [5, 5.41) is 13.6. The molecular formula is C15H23BrClNO2. The van der Waals surface area contributed by atoms with E-state index >= 15 is 0 Å². The quantitative estimate of drug-likeness (QED) is 0.641. The molecule has 0 aliphatic carbocycles. The first-order valence-electron chi connectivity index (χ1n) is 6.93. The van der Waals surface area contributed by atoms with Crippen LogP contribution in [0.3, 0.4) is 0 Å². The molecule has 0 fully saturated rings. The van der Waals surface area contributed by atoms with E-state index in [-0.39, 0.29) is 0 Å². The number of anilines is 1. The van der Waals surface area contributed by atoms with E-state index in [2.05, 4.69) is 35.1 Å². The van der Waals surface area contributed by atoms with Crippen LogP contribution >= 0.6 is 27.5 Å². The second kappa shape index (κ2) is 9.61. The highest BCUT2D eigenvalue weighted by Crippen LogP contribution is 2.25. The molecule has 1 atom stereocenters. The fraction of sp³-hybridized carbons (Fsp3) is 0.600. The Bertz CT molecular complexity index is 401. The first kappa shape index (κ1) is 17.8. The molecule has 1 rings (SSSR count). The molecule has 3 nitrogen and oxygen atoms in total. The van der Waals surface area contributed by atoms with Crippen LogP contribution < -0.4 is 5.32 Å². The molecule has 0 aromatic heterocycles. The molecule has 1 aromatic rings. The zero-order valence-corrected chi connectivity index (χ0v) is 14.4. The molecule has 0 bridgehead atoms. The van der Waals surface area contributed by atoms with Gasteiger partial charge in [0.05, 0.1) is 17.7 Å². The zero-order valence-electron chi connectivity index (χ0n) is 12.0. The lowest BCUT2D eigenvalue weighted by Gasteiger charge is -2.14. The van der Waals surface area contributed by atoms with E-state index in [9.17, 15) is 5.11 Å². The van der Waals surface area contributed by atoms with Crippen molar-refractivity contribution in [1.29, 1.82) is 0 Å². The molecule has 0 radical (unpaired) electrons. The maximum absolute atomic E-state index is 9.82. The Morgan fingerprint density at radius 2 is 2.15 bits per heavy atom. The van der Waals surface area contributed by atoms with Crippen molar-refractivity contribution in [2.75, 3.05) is 25.1 Å². The summed E-state index contributed by atoms with van der Waals surface area (Å²) in [5.41, 5.74) is 0.917. The first-order valence-corrected chi connectivity index (χ1v) is 8.11. The van der Waals surface area contributed by atoms with Crippen molar-refractivity contribution in [3.63, 3.8) is 0 Å². The van der Waals surface area contributed by atoms with Crippen molar-refractivity contribution in [2.24, 2.45) is 5.92 Å². The van der Waals surface area contributed by atoms with Gasteiger partial charge in [-0.25, -0.2) is 0 Å². The number of aliphatic hydroxyl groups is 1. The van der Waals surface area contributed by atoms with E-state index in [4.69, 9.17) is 16.3 Å². The summed E-state index contributed by atoms with van der Waals surface area (Å²) in [5.74, 6) is 0.702. The van der Waals surface area contributed by atoms with E-state index in [1.165, 1.54) is 0 Å². The SMILES string of the molecule is CC(C)CCCOCC(O)CNc1ccc(Cl)c(Br)c1. The summed E-state index contributed by atoms with van der Waals surface area (Å²) < 4.78 is 6.29. The van der Waals surface area contributed by atoms with Crippen molar-refractivity contribution in [1.82, 2.24) is 0 Å². The molecule has 0 aliphatic rings. The number of rotatable bonds is 9. The van der Waals surface area contributed by atoms with Gasteiger partial charge in [-0.15, -0.1) is 0 Å². The molecule has 0 heterocycles. The van der Waals surface area contributed by atoms with Gasteiger partial charge in [-0.1, -0.05) is 25.4 Å². The maximum Gasteiger partial charge on any atom is 0.0945 e. The standard InChI is InChI=1S/C15H23BrClNO2/c1-11(2)4-3-7-20-10-13(19)9-18-12-5-6-15(17)14(16)8-12/h5-6,8,11,13,18-19H,3-4,7,9-10H2,1-2H3. The Hall–Kier alpha value is -0.290. The molecule has 5 heteroatoms. The van der Waals surface area contributed by atoms with Gasteiger partial charge in [-0.3, -0.25) is 0 Å². The number of ether oxygens (including phenoxy) is 1. The van der Waals surface area contributed by atoms with Crippen LogP contribution in [0.5, 0.6) is 0 Å². The highest BCUT2D eigenvalue weighted by atomic mass is 79.9. The van der Waals surface area contributed by atoms with Crippen LogP contribution in [0.25, 0.3) is 0 Å². The van der Waals surface area contributed by atoms with Gasteiger partial charge in [0.25, 0.3) is 0 Å². The van der Waals surface area contributed by atoms with Crippen LogP contribution in [0.4, 0.5) is 5.69 Å². The van der Waals surface area contributed by atoms with Gasteiger partial charge in [0.15, 0.2) is 0 Å². The van der Waals surface area contributed by atoms with Crippen LogP contribution in [0.2, 0.25) is 5.02 Å². The smallest absolute Gasteiger partial charge is 0.0945 e. The van der Waals surface area contributed by atoms with E-state index in [1.54, 1.807) is 0 Å². The van der Waals surface area contributed by atoms with Crippen molar-refractivity contribution in [3.8, 4) is 0 Å². The number of halogens is 2. The third-order valence-corrected chi connectivity index (χ3v) is 4.06. The molecular weight excluding hydrogens is 342 g/mol. The molecule has 0 saturated carbocycles. The number of hydrogen-bond acceptors (Lipinski definition) is 3. The molecule has 2 N–H and O–H groups in total. The summed E-state index contributed by atoms with van der Waals surface area (Å²) in [6.07, 6.45) is 1.69. The Balaban J connectivity index is 2.16. The number of hydrogen-bond donors (Lipinski definition) is 2. The van der Waals surface area contributed by atoms with E-state index in [1.807, 2.05) is 18.2 Å². The van der Waals surface area contributed by atoms with E-state index in [0.29, 0.717) is 30.7 Å². The Kier molecular flexibility index (Phi) is 8.53. The Labute approximate surface area is 134 Å². The van der Waals surface area contributed by atoms with Crippen molar-refractivity contribution < 1.29 is 9.84 Å². The van der Waals surface area contributed by atoms with Crippen molar-refractivity contribution >= 4 is 33.2 Å². The normalized spacial score (nSPS) is 12.7. The summed E-state index contributed by atoms with van der Waals surface area (Å²) in [6, 6.07) is 5.57. The number of nitrogens with one attached hydrogen (secondary N) is 1. The van der Waals surface area contributed by atoms with Gasteiger partial charge in [-0.05, 0) is 52.9 Å². The molecule has 0 saturated heterocycles. The molecule has 1 unspecified atom stereocenters. The van der Waals surface area contributed by atoms with Gasteiger partial charge in [0, 0.05) is 23.3 Å².